The van der Waals surface area contributed by atoms with Gasteiger partial charge in [-0.1, -0.05) is 31.2 Å². The average Bonchev–Trinajstić information content (AvgIpc) is 3.48. The molecule has 11 nitrogen and oxygen atoms in total. The van der Waals surface area contributed by atoms with Gasteiger partial charge in [-0.15, -0.1) is 0 Å². The maximum atomic E-state index is 14.3. The predicted molar refractivity (Wildman–Crippen MR) is 158 cm³/mol. The van der Waals surface area contributed by atoms with E-state index in [1.54, 1.807) is 38.1 Å². The number of nitrogens with two attached hydrogens (primary N) is 1. The van der Waals surface area contributed by atoms with Crippen LogP contribution in [0.4, 0.5) is 5.69 Å². The molecule has 5 N–H and O–H groups in total. The van der Waals surface area contributed by atoms with Crippen molar-refractivity contribution in [3.63, 3.8) is 0 Å². The molecule has 1 aromatic heterocycles. The monoisotopic (exact) mass is 605 g/mol. The number of carbonyl (C=O) groups is 2. The number of amides is 1. The summed E-state index contributed by atoms with van der Waals surface area (Å²) in [6.45, 7) is 7.31. The quantitative estimate of drug-likeness (QED) is 0.323. The number of benzene rings is 2. The molecule has 3 aromatic rings. The number of rotatable bonds is 5. The average molecular weight is 606 g/mol. The van der Waals surface area contributed by atoms with E-state index in [0.717, 1.165) is 12.0 Å². The zero-order valence-electron chi connectivity index (χ0n) is 24.5. The number of likely N-dealkylation sites (N-methyl/N-ethyl adjacent to an activating group) is 1. The number of hydrogen-bond donors (Lipinski definition) is 4. The molecule has 7 rings (SSSR count). The summed E-state index contributed by atoms with van der Waals surface area (Å²) >= 11 is 0. The third-order valence-corrected chi connectivity index (χ3v) is 11.8. The van der Waals surface area contributed by atoms with Gasteiger partial charge < -0.3 is 30.8 Å². The lowest BCUT2D eigenvalue weighted by atomic mass is 9.82. The van der Waals surface area contributed by atoms with Crippen molar-refractivity contribution in [3.05, 3.63) is 75.5 Å². The smallest absolute Gasteiger partial charge is 0.271 e. The van der Waals surface area contributed by atoms with Gasteiger partial charge in [-0.25, -0.2) is 8.42 Å². The van der Waals surface area contributed by atoms with Crippen LogP contribution < -0.4 is 15.8 Å². The van der Waals surface area contributed by atoms with Crippen molar-refractivity contribution in [1.29, 1.82) is 0 Å². The SMILES string of the molecule is Cc1c(C(=O)N[C@]23C(=O)c4c(N)cccc4[C@@]2(O)Oc2cc(C4CC4C)ccc23)[nH]c(S(=O)(=O)N2CCN(C)CC2)c1C. The molecule has 1 saturated heterocycles. The Bertz CT molecular complexity index is 1830. The van der Waals surface area contributed by atoms with Crippen molar-refractivity contribution in [1.82, 2.24) is 19.5 Å². The number of ketones is 1. The van der Waals surface area contributed by atoms with E-state index in [2.05, 4.69) is 22.1 Å². The van der Waals surface area contributed by atoms with E-state index in [9.17, 15) is 23.1 Å². The molecule has 2 aliphatic carbocycles. The summed E-state index contributed by atoms with van der Waals surface area (Å²) in [4.78, 5) is 33.4. The Labute approximate surface area is 250 Å². The number of carbonyl (C=O) groups excluding carboxylic acids is 2. The highest BCUT2D eigenvalue weighted by atomic mass is 32.2. The van der Waals surface area contributed by atoms with Crippen LogP contribution in [0.15, 0.2) is 41.4 Å². The normalized spacial score (nSPS) is 28.3. The first-order valence-corrected chi connectivity index (χ1v) is 15.9. The number of aliphatic hydroxyl groups is 1. The Hall–Kier alpha value is -3.71. The van der Waals surface area contributed by atoms with Gasteiger partial charge in [0, 0.05) is 43.0 Å². The lowest BCUT2D eigenvalue weighted by Gasteiger charge is -2.34. The van der Waals surface area contributed by atoms with Gasteiger partial charge >= 0.3 is 0 Å². The van der Waals surface area contributed by atoms with Crippen molar-refractivity contribution in [2.45, 2.75) is 49.5 Å². The maximum absolute atomic E-state index is 14.3. The molecule has 0 bridgehead atoms. The highest BCUT2D eigenvalue weighted by Crippen LogP contribution is 2.60. The summed E-state index contributed by atoms with van der Waals surface area (Å²) < 4.78 is 34.8. The molecule has 1 saturated carbocycles. The van der Waals surface area contributed by atoms with E-state index >= 15 is 0 Å². The second kappa shape index (κ2) is 9.15. The number of nitrogens with zero attached hydrogens (tertiary/aromatic N) is 2. The molecule has 2 fully saturated rings. The topological polar surface area (TPSA) is 158 Å². The van der Waals surface area contributed by atoms with Crippen LogP contribution in [0.5, 0.6) is 5.75 Å². The summed E-state index contributed by atoms with van der Waals surface area (Å²) in [5.41, 5.74) is 6.73. The number of hydrogen-bond acceptors (Lipinski definition) is 8. The van der Waals surface area contributed by atoms with E-state index in [0.29, 0.717) is 60.5 Å². The molecular weight excluding hydrogens is 570 g/mol. The number of ether oxygens (including phenoxy) is 1. The van der Waals surface area contributed by atoms with Crippen molar-refractivity contribution >= 4 is 27.4 Å². The van der Waals surface area contributed by atoms with E-state index in [4.69, 9.17) is 10.5 Å². The summed E-state index contributed by atoms with van der Waals surface area (Å²) in [5.74, 6) is -2.45. The number of fused-ring (bicyclic) bond motifs is 5. The van der Waals surface area contributed by atoms with Crippen molar-refractivity contribution < 1.29 is 27.9 Å². The van der Waals surface area contributed by atoms with Crippen LogP contribution in [0, 0.1) is 19.8 Å². The Morgan fingerprint density at radius 1 is 1.12 bits per heavy atom. The Balaban J connectivity index is 1.32. The molecule has 226 valence electrons. The van der Waals surface area contributed by atoms with Gasteiger partial charge in [-0.05, 0) is 68.0 Å². The molecule has 3 heterocycles. The first kappa shape index (κ1) is 28.1. The van der Waals surface area contributed by atoms with Crippen molar-refractivity contribution in [2.75, 3.05) is 39.0 Å². The number of piperazine rings is 1. The largest absolute Gasteiger partial charge is 0.454 e. The van der Waals surface area contributed by atoms with Crippen molar-refractivity contribution in [3.8, 4) is 5.75 Å². The number of nitrogen functional groups attached to an aromatic ring is 1. The molecule has 0 radical (unpaired) electrons. The zero-order chi connectivity index (χ0) is 30.6. The molecule has 2 aromatic carbocycles. The van der Waals surface area contributed by atoms with Gasteiger partial charge in [0.25, 0.3) is 21.7 Å². The fraction of sp³-hybridized carbons (Fsp3) is 0.419. The fourth-order valence-corrected chi connectivity index (χ4v) is 8.61. The Morgan fingerprint density at radius 3 is 2.49 bits per heavy atom. The molecule has 1 amide bonds. The van der Waals surface area contributed by atoms with E-state index < -0.39 is 33.0 Å². The van der Waals surface area contributed by atoms with Crippen LogP contribution in [-0.2, 0) is 21.3 Å². The highest BCUT2D eigenvalue weighted by molar-refractivity contribution is 7.89. The van der Waals surface area contributed by atoms with Gasteiger partial charge in [0.05, 0.1) is 5.56 Å². The third-order valence-electron chi connectivity index (χ3n) is 9.85. The zero-order valence-corrected chi connectivity index (χ0v) is 25.3. The van der Waals surface area contributed by atoms with E-state index in [1.807, 2.05) is 19.2 Å². The summed E-state index contributed by atoms with van der Waals surface area (Å²) in [5, 5.41) is 15.0. The lowest BCUT2D eigenvalue weighted by Crippen LogP contribution is -2.60. The predicted octanol–water partition coefficient (Wildman–Crippen LogP) is 2.33. The standard InChI is InChI=1S/C31H35N5O6S/c1-16-14-20(16)19-8-9-21-24(15-19)42-31(39)22-6-5-7-23(32)25(22)27(37)30(21,31)34-28(38)26-17(2)18(3)29(33-26)43(40,41)36-12-10-35(4)11-13-36/h5-9,15-16,20,33,39H,10-14,32H2,1-4H3,(H,34,38)/t16?,20?,30-,31-/m1/s1. The molecule has 43 heavy (non-hydrogen) atoms. The summed E-state index contributed by atoms with van der Waals surface area (Å²) in [6.07, 6.45) is 1.04. The van der Waals surface area contributed by atoms with Crippen LogP contribution in [0.3, 0.4) is 0 Å². The van der Waals surface area contributed by atoms with E-state index in [1.165, 1.54) is 4.31 Å². The molecule has 4 aliphatic rings. The van der Waals surface area contributed by atoms with Crippen LogP contribution >= 0.6 is 0 Å². The minimum atomic E-state index is -3.92. The van der Waals surface area contributed by atoms with Crippen molar-refractivity contribution in [2.24, 2.45) is 5.92 Å². The van der Waals surface area contributed by atoms with Crippen LogP contribution in [0.1, 0.15) is 67.9 Å². The molecular formula is C31H35N5O6S. The van der Waals surface area contributed by atoms with Crippen LogP contribution in [-0.4, -0.2) is 72.6 Å². The second-order valence-corrected chi connectivity index (χ2v) is 14.3. The molecule has 2 aliphatic heterocycles. The van der Waals surface area contributed by atoms with E-state index in [-0.39, 0.29) is 27.5 Å². The molecule has 2 unspecified atom stereocenters. The van der Waals surface area contributed by atoms with Gasteiger partial charge in [0.15, 0.2) is 5.03 Å². The maximum Gasteiger partial charge on any atom is 0.271 e. The Morgan fingerprint density at radius 2 is 1.81 bits per heavy atom. The van der Waals surface area contributed by atoms with Gasteiger partial charge in [0.2, 0.25) is 11.3 Å². The molecule has 0 spiro atoms. The number of sulfonamides is 1. The molecule has 12 heteroatoms. The minimum Gasteiger partial charge on any atom is -0.454 e. The van der Waals surface area contributed by atoms with Gasteiger partial charge in [-0.2, -0.15) is 4.31 Å². The summed E-state index contributed by atoms with van der Waals surface area (Å²) in [6, 6.07) is 10.2. The minimum absolute atomic E-state index is 0.0180. The Kier molecular flexibility index (Phi) is 5.97. The number of nitrogens with one attached hydrogen (secondary N) is 2. The fourth-order valence-electron chi connectivity index (χ4n) is 6.94. The molecule has 4 atom stereocenters. The number of anilines is 1. The van der Waals surface area contributed by atoms with Crippen LogP contribution in [0.2, 0.25) is 0 Å². The van der Waals surface area contributed by atoms with Crippen LogP contribution in [0.25, 0.3) is 0 Å². The first-order valence-electron chi connectivity index (χ1n) is 14.5. The third kappa shape index (κ3) is 3.73. The van der Waals surface area contributed by atoms with Gasteiger partial charge in [0.1, 0.15) is 11.4 Å². The number of Topliss-reactive ketones (excluding diaryl/α,β-unsaturated/α-hetero) is 1. The second-order valence-electron chi connectivity index (χ2n) is 12.4. The summed E-state index contributed by atoms with van der Waals surface area (Å²) in [7, 11) is -1.98. The highest BCUT2D eigenvalue weighted by Gasteiger charge is 2.72. The number of H-pyrrole nitrogens is 1. The lowest BCUT2D eigenvalue weighted by molar-refractivity contribution is -0.169. The first-order chi connectivity index (χ1) is 20.3. The number of aromatic amines is 1. The van der Waals surface area contributed by atoms with Gasteiger partial charge in [-0.3, -0.25) is 9.59 Å². The number of aromatic nitrogens is 1.